The molecule has 1 saturated carbocycles. The maximum Gasteiger partial charge on any atom is 0.241 e. The number of piperidine rings is 1. The van der Waals surface area contributed by atoms with Crippen molar-refractivity contribution in [3.63, 3.8) is 0 Å². The van der Waals surface area contributed by atoms with Crippen LogP contribution in [0.3, 0.4) is 0 Å². The van der Waals surface area contributed by atoms with E-state index in [2.05, 4.69) is 41.1 Å². The number of nitrogens with zero attached hydrogens (tertiary/aromatic N) is 2. The Bertz CT molecular complexity index is 719. The highest BCUT2D eigenvalue weighted by molar-refractivity contribution is 5.85. The van der Waals surface area contributed by atoms with Gasteiger partial charge in [-0.2, -0.15) is 0 Å². The normalized spacial score (nSPS) is 24.8. The van der Waals surface area contributed by atoms with Gasteiger partial charge in [0, 0.05) is 38.4 Å². The van der Waals surface area contributed by atoms with E-state index in [1.807, 2.05) is 18.2 Å². The standard InChI is InChI=1S/C24H35N3O2/c1-18(2)16-21-23(29)27(17-19-8-4-3-5-9-19)24(25-21)12-14-26(15-13-24)22(28)20-10-6-7-11-20/h3-5,8-9,18,20-21,25H,6-7,10-17H2,1-2H3/t21-/m0/s1. The maximum absolute atomic E-state index is 13.3. The lowest BCUT2D eigenvalue weighted by Crippen LogP contribution is -2.59. The molecule has 0 bridgehead atoms. The quantitative estimate of drug-likeness (QED) is 0.827. The monoisotopic (exact) mass is 397 g/mol. The van der Waals surface area contributed by atoms with E-state index in [1.54, 1.807) is 0 Å². The van der Waals surface area contributed by atoms with E-state index in [0.29, 0.717) is 18.4 Å². The lowest BCUT2D eigenvalue weighted by molar-refractivity contribution is -0.140. The number of hydrogen-bond donors (Lipinski definition) is 1. The Balaban J connectivity index is 1.49. The highest BCUT2D eigenvalue weighted by atomic mass is 16.2. The van der Waals surface area contributed by atoms with Crippen LogP contribution in [0.4, 0.5) is 0 Å². The molecule has 1 atom stereocenters. The highest BCUT2D eigenvalue weighted by Crippen LogP contribution is 2.36. The summed E-state index contributed by atoms with van der Waals surface area (Å²) in [7, 11) is 0. The summed E-state index contributed by atoms with van der Waals surface area (Å²) in [6.07, 6.45) is 6.97. The summed E-state index contributed by atoms with van der Waals surface area (Å²) < 4.78 is 0. The topological polar surface area (TPSA) is 52.7 Å². The maximum atomic E-state index is 13.3. The third-order valence-corrected chi connectivity index (χ3v) is 7.02. The van der Waals surface area contributed by atoms with Crippen LogP contribution in [0.15, 0.2) is 30.3 Å². The van der Waals surface area contributed by atoms with Gasteiger partial charge >= 0.3 is 0 Å². The van der Waals surface area contributed by atoms with Gasteiger partial charge in [-0.25, -0.2) is 0 Å². The lowest BCUT2D eigenvalue weighted by Gasteiger charge is -2.45. The Morgan fingerprint density at radius 3 is 2.41 bits per heavy atom. The fourth-order valence-electron chi connectivity index (χ4n) is 5.43. The van der Waals surface area contributed by atoms with Crippen LogP contribution in [0.2, 0.25) is 0 Å². The molecule has 29 heavy (non-hydrogen) atoms. The highest BCUT2D eigenvalue weighted by Gasteiger charge is 2.51. The van der Waals surface area contributed by atoms with Gasteiger partial charge < -0.3 is 9.80 Å². The molecule has 2 aliphatic heterocycles. The van der Waals surface area contributed by atoms with E-state index in [4.69, 9.17) is 0 Å². The first kappa shape index (κ1) is 20.4. The molecule has 2 heterocycles. The van der Waals surface area contributed by atoms with Crippen molar-refractivity contribution in [3.8, 4) is 0 Å². The number of carbonyl (C=O) groups is 2. The van der Waals surface area contributed by atoms with Crippen LogP contribution in [0.25, 0.3) is 0 Å². The summed E-state index contributed by atoms with van der Waals surface area (Å²) in [5.74, 6) is 1.26. The molecule has 2 saturated heterocycles. The number of likely N-dealkylation sites (tertiary alicyclic amines) is 1. The predicted molar refractivity (Wildman–Crippen MR) is 114 cm³/mol. The fraction of sp³-hybridized carbons (Fsp3) is 0.667. The van der Waals surface area contributed by atoms with Gasteiger partial charge in [0.25, 0.3) is 0 Å². The van der Waals surface area contributed by atoms with E-state index in [0.717, 1.165) is 50.8 Å². The molecule has 5 heteroatoms. The van der Waals surface area contributed by atoms with Crippen LogP contribution in [0.1, 0.15) is 64.4 Å². The third-order valence-electron chi connectivity index (χ3n) is 7.02. The Morgan fingerprint density at radius 1 is 1.14 bits per heavy atom. The van der Waals surface area contributed by atoms with Crippen molar-refractivity contribution in [3.05, 3.63) is 35.9 Å². The molecule has 1 spiro atoms. The van der Waals surface area contributed by atoms with Crippen molar-refractivity contribution in [2.45, 2.75) is 77.0 Å². The largest absolute Gasteiger partial charge is 0.342 e. The molecule has 1 aliphatic carbocycles. The molecule has 0 unspecified atom stereocenters. The second kappa shape index (κ2) is 8.47. The number of hydrogen-bond acceptors (Lipinski definition) is 3. The van der Waals surface area contributed by atoms with Gasteiger partial charge in [0.05, 0.1) is 11.7 Å². The zero-order valence-electron chi connectivity index (χ0n) is 17.9. The van der Waals surface area contributed by atoms with Gasteiger partial charge in [-0.1, -0.05) is 57.0 Å². The first-order valence-corrected chi connectivity index (χ1v) is 11.4. The van der Waals surface area contributed by atoms with Gasteiger partial charge in [-0.3, -0.25) is 14.9 Å². The van der Waals surface area contributed by atoms with Crippen molar-refractivity contribution < 1.29 is 9.59 Å². The molecule has 5 nitrogen and oxygen atoms in total. The average Bonchev–Trinajstić information content (AvgIpc) is 3.33. The zero-order chi connectivity index (χ0) is 20.4. The number of rotatable bonds is 5. The van der Waals surface area contributed by atoms with Crippen molar-refractivity contribution in [2.75, 3.05) is 13.1 Å². The number of carbonyl (C=O) groups excluding carboxylic acids is 2. The summed E-state index contributed by atoms with van der Waals surface area (Å²) >= 11 is 0. The summed E-state index contributed by atoms with van der Waals surface area (Å²) in [4.78, 5) is 30.3. The Labute approximate surface area is 174 Å². The fourth-order valence-corrected chi connectivity index (χ4v) is 5.43. The third kappa shape index (κ3) is 4.20. The van der Waals surface area contributed by atoms with Crippen LogP contribution in [-0.4, -0.2) is 46.4 Å². The molecule has 0 aromatic heterocycles. The molecule has 1 aromatic carbocycles. The average molecular weight is 398 g/mol. The van der Waals surface area contributed by atoms with E-state index in [9.17, 15) is 9.59 Å². The molecular weight excluding hydrogens is 362 g/mol. The summed E-state index contributed by atoms with van der Waals surface area (Å²) in [5, 5.41) is 3.73. The van der Waals surface area contributed by atoms with Gasteiger partial charge in [0.2, 0.25) is 11.8 Å². The lowest BCUT2D eigenvalue weighted by atomic mass is 9.93. The van der Waals surface area contributed by atoms with Crippen molar-refractivity contribution in [1.82, 2.24) is 15.1 Å². The van der Waals surface area contributed by atoms with Crippen molar-refractivity contribution >= 4 is 11.8 Å². The molecule has 0 radical (unpaired) electrons. The SMILES string of the molecule is CC(C)C[C@@H]1NC2(CCN(C(=O)C3CCCC3)CC2)N(Cc2ccccc2)C1=O. The minimum absolute atomic E-state index is 0.115. The first-order valence-electron chi connectivity index (χ1n) is 11.4. The van der Waals surface area contributed by atoms with Gasteiger partial charge in [-0.15, -0.1) is 0 Å². The van der Waals surface area contributed by atoms with Gasteiger partial charge in [0.1, 0.15) is 0 Å². The molecular formula is C24H35N3O2. The van der Waals surface area contributed by atoms with Crippen LogP contribution >= 0.6 is 0 Å². The van der Waals surface area contributed by atoms with Gasteiger partial charge in [-0.05, 0) is 30.7 Å². The second-order valence-electron chi connectivity index (χ2n) is 9.57. The molecule has 158 valence electrons. The minimum atomic E-state index is -0.320. The number of nitrogens with one attached hydrogen (secondary N) is 1. The first-order chi connectivity index (χ1) is 14.0. The Hall–Kier alpha value is -1.88. The van der Waals surface area contributed by atoms with Crippen LogP contribution in [0.5, 0.6) is 0 Å². The van der Waals surface area contributed by atoms with E-state index in [1.165, 1.54) is 12.8 Å². The Kier molecular flexibility index (Phi) is 5.95. The van der Waals surface area contributed by atoms with Gasteiger partial charge in [0.15, 0.2) is 0 Å². The molecule has 2 amide bonds. The minimum Gasteiger partial charge on any atom is -0.342 e. The summed E-state index contributed by atoms with van der Waals surface area (Å²) in [6, 6.07) is 10.1. The summed E-state index contributed by atoms with van der Waals surface area (Å²) in [6.45, 7) is 6.47. The number of amides is 2. The molecule has 1 aromatic rings. The van der Waals surface area contributed by atoms with E-state index >= 15 is 0 Å². The Morgan fingerprint density at radius 2 is 1.79 bits per heavy atom. The molecule has 1 N–H and O–H groups in total. The smallest absolute Gasteiger partial charge is 0.241 e. The zero-order valence-corrected chi connectivity index (χ0v) is 17.9. The van der Waals surface area contributed by atoms with E-state index < -0.39 is 0 Å². The predicted octanol–water partition coefficient (Wildman–Crippen LogP) is 3.54. The van der Waals surface area contributed by atoms with Crippen molar-refractivity contribution in [2.24, 2.45) is 11.8 Å². The molecule has 3 aliphatic rings. The van der Waals surface area contributed by atoms with Crippen LogP contribution < -0.4 is 5.32 Å². The number of benzene rings is 1. The van der Waals surface area contributed by atoms with Crippen LogP contribution in [0, 0.1) is 11.8 Å². The molecule has 3 fully saturated rings. The van der Waals surface area contributed by atoms with E-state index in [-0.39, 0.29) is 23.5 Å². The van der Waals surface area contributed by atoms with Crippen molar-refractivity contribution in [1.29, 1.82) is 0 Å². The molecule has 4 rings (SSSR count). The van der Waals surface area contributed by atoms with Crippen LogP contribution in [-0.2, 0) is 16.1 Å². The summed E-state index contributed by atoms with van der Waals surface area (Å²) in [5.41, 5.74) is 0.843. The second-order valence-corrected chi connectivity index (χ2v) is 9.57.